The fourth-order valence-electron chi connectivity index (χ4n) is 3.26. The van der Waals surface area contributed by atoms with Gasteiger partial charge in [0.05, 0.1) is 10.9 Å². The Kier molecular flexibility index (Phi) is 3.64. The number of benzene rings is 1. The molecule has 128 valence electrons. The zero-order valence-corrected chi connectivity index (χ0v) is 13.7. The summed E-state index contributed by atoms with van der Waals surface area (Å²) in [5, 5.41) is 9.52. The van der Waals surface area contributed by atoms with Gasteiger partial charge in [0.15, 0.2) is 5.82 Å². The molecule has 0 saturated heterocycles. The van der Waals surface area contributed by atoms with Crippen molar-refractivity contribution in [1.29, 1.82) is 0 Å². The first-order valence-electron chi connectivity index (χ1n) is 7.68. The molecule has 5 nitrogen and oxygen atoms in total. The van der Waals surface area contributed by atoms with Crippen molar-refractivity contribution < 1.29 is 18.7 Å². The van der Waals surface area contributed by atoms with Crippen molar-refractivity contribution in [2.75, 3.05) is 0 Å². The van der Waals surface area contributed by atoms with Gasteiger partial charge in [-0.1, -0.05) is 6.07 Å². The van der Waals surface area contributed by atoms with Gasteiger partial charge in [0.1, 0.15) is 23.0 Å². The summed E-state index contributed by atoms with van der Waals surface area (Å²) in [6, 6.07) is 3.30. The van der Waals surface area contributed by atoms with E-state index in [1.807, 2.05) is 0 Å². The van der Waals surface area contributed by atoms with Crippen molar-refractivity contribution in [3.05, 3.63) is 50.6 Å². The molecule has 0 spiro atoms. The van der Waals surface area contributed by atoms with E-state index in [1.54, 1.807) is 0 Å². The molecular formula is C17H12F2N2O3S. The number of hydrogen-bond acceptors (Lipinski definition) is 4. The predicted octanol–water partition coefficient (Wildman–Crippen LogP) is 2.98. The number of carboxylic acid groups (broad SMARTS) is 1. The predicted molar refractivity (Wildman–Crippen MR) is 88.9 cm³/mol. The number of halogens is 2. The van der Waals surface area contributed by atoms with Crippen molar-refractivity contribution in [3.63, 3.8) is 0 Å². The highest BCUT2D eigenvalue weighted by atomic mass is 32.1. The van der Waals surface area contributed by atoms with Gasteiger partial charge < -0.3 is 5.11 Å². The Labute approximate surface area is 144 Å². The summed E-state index contributed by atoms with van der Waals surface area (Å²) in [5.41, 5.74) is -0.169. The molecule has 8 heteroatoms. The first-order chi connectivity index (χ1) is 12.0. The standard InChI is InChI=1S/C17H12F2N2O3S/c18-9-4-2-5-10(19)14(9)15-20-16-13(8-3-1-6-11(8)25-16)17(24)21(15)7-12(22)23/h2,4-5H,1,3,6-7H2,(H,22,23). The molecule has 0 atom stereocenters. The number of nitrogens with zero attached hydrogens (tertiary/aromatic N) is 2. The van der Waals surface area contributed by atoms with Gasteiger partial charge in [-0.15, -0.1) is 11.3 Å². The highest BCUT2D eigenvalue weighted by Gasteiger charge is 2.26. The Hall–Kier alpha value is -2.61. The summed E-state index contributed by atoms with van der Waals surface area (Å²) >= 11 is 1.33. The molecule has 4 rings (SSSR count). The van der Waals surface area contributed by atoms with Crippen LogP contribution in [0.5, 0.6) is 0 Å². The second-order valence-electron chi connectivity index (χ2n) is 5.85. The Morgan fingerprint density at radius 2 is 2.00 bits per heavy atom. The zero-order chi connectivity index (χ0) is 17.7. The van der Waals surface area contributed by atoms with Crippen LogP contribution in [0.15, 0.2) is 23.0 Å². The minimum absolute atomic E-state index is 0.296. The normalized spacial score (nSPS) is 13.4. The summed E-state index contributed by atoms with van der Waals surface area (Å²) in [7, 11) is 0. The van der Waals surface area contributed by atoms with Crippen LogP contribution in [0.2, 0.25) is 0 Å². The van der Waals surface area contributed by atoms with Crippen LogP contribution < -0.4 is 5.56 Å². The third-order valence-electron chi connectivity index (χ3n) is 4.30. The smallest absolute Gasteiger partial charge is 0.323 e. The van der Waals surface area contributed by atoms with Gasteiger partial charge in [-0.25, -0.2) is 13.8 Å². The zero-order valence-electron chi connectivity index (χ0n) is 12.9. The van der Waals surface area contributed by atoms with Gasteiger partial charge >= 0.3 is 5.97 Å². The van der Waals surface area contributed by atoms with Crippen LogP contribution in [-0.2, 0) is 24.2 Å². The largest absolute Gasteiger partial charge is 0.480 e. The number of aryl methyl sites for hydroxylation is 2. The number of aliphatic carboxylic acids is 1. The molecule has 0 amide bonds. The first-order valence-corrected chi connectivity index (χ1v) is 8.50. The SMILES string of the molecule is O=C(O)Cn1c(-c2c(F)cccc2F)nc2sc3c(c2c1=O)CCC3. The van der Waals surface area contributed by atoms with Crippen molar-refractivity contribution in [2.24, 2.45) is 0 Å². The van der Waals surface area contributed by atoms with Gasteiger partial charge in [-0.3, -0.25) is 14.2 Å². The molecule has 1 aliphatic rings. The van der Waals surface area contributed by atoms with Crippen LogP contribution in [0.25, 0.3) is 21.6 Å². The van der Waals surface area contributed by atoms with Gasteiger partial charge in [-0.2, -0.15) is 0 Å². The summed E-state index contributed by atoms with van der Waals surface area (Å²) in [6.45, 7) is -0.713. The first kappa shape index (κ1) is 15.9. The van der Waals surface area contributed by atoms with E-state index in [9.17, 15) is 18.4 Å². The monoisotopic (exact) mass is 362 g/mol. The average molecular weight is 362 g/mol. The van der Waals surface area contributed by atoms with Crippen molar-refractivity contribution in [3.8, 4) is 11.4 Å². The molecule has 25 heavy (non-hydrogen) atoms. The number of carboxylic acids is 1. The van der Waals surface area contributed by atoms with E-state index >= 15 is 0 Å². The fourth-order valence-corrected chi connectivity index (χ4v) is 4.51. The Bertz CT molecular complexity index is 1070. The number of carbonyl (C=O) groups is 1. The van der Waals surface area contributed by atoms with E-state index in [0.717, 1.165) is 46.4 Å². The lowest BCUT2D eigenvalue weighted by molar-refractivity contribution is -0.137. The maximum absolute atomic E-state index is 14.2. The van der Waals surface area contributed by atoms with Gasteiger partial charge in [0.25, 0.3) is 5.56 Å². The molecular weight excluding hydrogens is 350 g/mol. The van der Waals surface area contributed by atoms with Gasteiger partial charge in [0, 0.05) is 4.88 Å². The molecule has 1 aromatic carbocycles. The van der Waals surface area contributed by atoms with Crippen LogP contribution >= 0.6 is 11.3 Å². The second-order valence-corrected chi connectivity index (χ2v) is 6.94. The number of hydrogen-bond donors (Lipinski definition) is 1. The van der Waals surface area contributed by atoms with Crippen molar-refractivity contribution in [2.45, 2.75) is 25.8 Å². The van der Waals surface area contributed by atoms with E-state index in [1.165, 1.54) is 17.4 Å². The Morgan fingerprint density at radius 1 is 1.28 bits per heavy atom. The summed E-state index contributed by atoms with van der Waals surface area (Å²) in [4.78, 5) is 29.8. The van der Waals surface area contributed by atoms with Crippen LogP contribution in [0.4, 0.5) is 8.78 Å². The Morgan fingerprint density at radius 3 is 2.68 bits per heavy atom. The van der Waals surface area contributed by atoms with E-state index in [-0.39, 0.29) is 5.82 Å². The fraction of sp³-hybridized carbons (Fsp3) is 0.235. The maximum atomic E-state index is 14.2. The molecule has 0 aliphatic heterocycles. The lowest BCUT2D eigenvalue weighted by Gasteiger charge is -2.12. The third-order valence-corrected chi connectivity index (χ3v) is 5.49. The number of thiophene rings is 1. The molecule has 2 heterocycles. The van der Waals surface area contributed by atoms with Crippen molar-refractivity contribution in [1.82, 2.24) is 9.55 Å². The van der Waals surface area contributed by atoms with E-state index < -0.39 is 35.3 Å². The highest BCUT2D eigenvalue weighted by molar-refractivity contribution is 7.18. The lowest BCUT2D eigenvalue weighted by atomic mass is 10.1. The molecule has 1 N–H and O–H groups in total. The number of fused-ring (bicyclic) bond motifs is 3. The molecule has 0 radical (unpaired) electrons. The van der Waals surface area contributed by atoms with Gasteiger partial charge in [-0.05, 0) is 37.0 Å². The minimum atomic E-state index is -1.28. The molecule has 0 unspecified atom stereocenters. The summed E-state index contributed by atoms with van der Waals surface area (Å²) in [6.07, 6.45) is 2.49. The van der Waals surface area contributed by atoms with Crippen LogP contribution in [0.1, 0.15) is 16.9 Å². The Balaban J connectivity index is 2.10. The third kappa shape index (κ3) is 2.44. The van der Waals surface area contributed by atoms with Gasteiger partial charge in [0.2, 0.25) is 0 Å². The van der Waals surface area contributed by atoms with Crippen LogP contribution in [0, 0.1) is 11.6 Å². The highest BCUT2D eigenvalue weighted by Crippen LogP contribution is 2.36. The lowest BCUT2D eigenvalue weighted by Crippen LogP contribution is -2.27. The number of rotatable bonds is 3. The van der Waals surface area contributed by atoms with Crippen LogP contribution in [0.3, 0.4) is 0 Å². The maximum Gasteiger partial charge on any atom is 0.323 e. The minimum Gasteiger partial charge on any atom is -0.480 e. The van der Waals surface area contributed by atoms with E-state index in [4.69, 9.17) is 5.11 Å². The number of aromatic nitrogens is 2. The molecule has 0 fully saturated rings. The van der Waals surface area contributed by atoms with Crippen molar-refractivity contribution >= 4 is 27.5 Å². The molecule has 0 saturated carbocycles. The summed E-state index contributed by atoms with van der Waals surface area (Å²) in [5.74, 6) is -3.37. The summed E-state index contributed by atoms with van der Waals surface area (Å²) < 4.78 is 29.3. The average Bonchev–Trinajstić information content (AvgIpc) is 3.10. The molecule has 3 aromatic rings. The second kappa shape index (κ2) is 5.73. The van der Waals surface area contributed by atoms with E-state index in [0.29, 0.717) is 10.2 Å². The molecule has 0 bridgehead atoms. The van der Waals surface area contributed by atoms with E-state index in [2.05, 4.69) is 4.98 Å². The topological polar surface area (TPSA) is 72.2 Å². The molecule has 1 aliphatic carbocycles. The molecule has 2 aromatic heterocycles. The quantitative estimate of drug-likeness (QED) is 0.778. The van der Waals surface area contributed by atoms with Crippen LogP contribution in [-0.4, -0.2) is 20.6 Å².